The summed E-state index contributed by atoms with van der Waals surface area (Å²) in [6.07, 6.45) is 0. The Labute approximate surface area is 150 Å². The van der Waals surface area contributed by atoms with E-state index < -0.39 is 17.4 Å². The average molecular weight is 356 g/mol. The highest BCUT2D eigenvalue weighted by Crippen LogP contribution is 2.15. The predicted molar refractivity (Wildman–Crippen MR) is 111 cm³/mol. The van der Waals surface area contributed by atoms with Crippen molar-refractivity contribution < 1.29 is 4.12 Å². The SMILES string of the molecule is Cc1cc(C)c([Si-](O[Si](C)(C)C)c2c(C)cc(C)cc2C)c(C)c1. The third kappa shape index (κ3) is 4.27. The summed E-state index contributed by atoms with van der Waals surface area (Å²) in [6, 6.07) is 9.22. The van der Waals surface area contributed by atoms with Crippen LogP contribution in [0.4, 0.5) is 0 Å². The van der Waals surface area contributed by atoms with Gasteiger partial charge in [0.15, 0.2) is 0 Å². The van der Waals surface area contributed by atoms with Crippen molar-refractivity contribution in [1.82, 2.24) is 0 Å². The maximum Gasteiger partial charge on any atom is 0.143 e. The van der Waals surface area contributed by atoms with E-state index in [1.54, 1.807) is 0 Å². The van der Waals surface area contributed by atoms with Crippen molar-refractivity contribution in [3.05, 3.63) is 57.6 Å². The van der Waals surface area contributed by atoms with Gasteiger partial charge in [0.1, 0.15) is 8.32 Å². The number of benzene rings is 2. The number of aryl methyl sites for hydroxylation is 6. The normalized spacial score (nSPS) is 11.7. The molecule has 0 aliphatic rings. The summed E-state index contributed by atoms with van der Waals surface area (Å²) in [6.45, 7) is 20.2. The van der Waals surface area contributed by atoms with Gasteiger partial charge in [-0.15, -0.1) is 9.04 Å². The number of hydrogen-bond acceptors (Lipinski definition) is 1. The fourth-order valence-corrected chi connectivity index (χ4v) is 8.85. The summed E-state index contributed by atoms with van der Waals surface area (Å²) in [5, 5.41) is 2.89. The molecule has 0 unspecified atom stereocenters. The first-order valence-corrected chi connectivity index (χ1v) is 13.5. The molecule has 0 N–H and O–H groups in total. The van der Waals surface area contributed by atoms with Crippen molar-refractivity contribution in [2.24, 2.45) is 0 Å². The average Bonchev–Trinajstić information content (AvgIpc) is 2.33. The van der Waals surface area contributed by atoms with Crippen LogP contribution in [-0.2, 0) is 4.12 Å². The second kappa shape index (κ2) is 6.99. The van der Waals surface area contributed by atoms with Crippen LogP contribution in [0.1, 0.15) is 33.4 Å². The standard InChI is InChI=1S/C21H31OSi2/c1-14-10-16(3)20(17(4)11-14)23(22-24(7,8)9)21-18(5)12-15(2)13-19(21)6/h10-13H,1-9H3/q-1. The van der Waals surface area contributed by atoms with Gasteiger partial charge in [0.25, 0.3) is 0 Å². The quantitative estimate of drug-likeness (QED) is 0.734. The summed E-state index contributed by atoms with van der Waals surface area (Å²) in [5.41, 5.74) is 8.16. The zero-order valence-corrected chi connectivity index (χ0v) is 18.7. The molecule has 0 saturated carbocycles. The van der Waals surface area contributed by atoms with Gasteiger partial charge in [-0.1, -0.05) is 57.6 Å². The lowest BCUT2D eigenvalue weighted by Crippen LogP contribution is -2.54. The molecule has 0 bridgehead atoms. The van der Waals surface area contributed by atoms with E-state index in [2.05, 4.69) is 85.4 Å². The second-order valence-corrected chi connectivity index (χ2v) is 14.8. The summed E-state index contributed by atoms with van der Waals surface area (Å²) < 4.78 is 6.85. The fourth-order valence-electron chi connectivity index (χ4n) is 3.61. The Kier molecular flexibility index (Phi) is 5.58. The third-order valence-corrected chi connectivity index (χ3v) is 9.97. The van der Waals surface area contributed by atoms with Gasteiger partial charge in [-0.05, 0) is 61.2 Å². The lowest BCUT2D eigenvalue weighted by molar-refractivity contribution is 0.593. The molecule has 0 saturated heterocycles. The second-order valence-electron chi connectivity index (χ2n) is 8.09. The van der Waals surface area contributed by atoms with E-state index in [1.165, 1.54) is 43.8 Å². The maximum absolute atomic E-state index is 6.85. The van der Waals surface area contributed by atoms with Crippen molar-refractivity contribution in [3.8, 4) is 0 Å². The van der Waals surface area contributed by atoms with E-state index in [4.69, 9.17) is 4.12 Å². The van der Waals surface area contributed by atoms with Gasteiger partial charge in [-0.2, -0.15) is 10.4 Å². The van der Waals surface area contributed by atoms with E-state index in [0.29, 0.717) is 0 Å². The molecule has 2 rings (SSSR count). The van der Waals surface area contributed by atoms with Crippen LogP contribution in [0.2, 0.25) is 19.6 Å². The number of hydrogen-bond donors (Lipinski definition) is 0. The molecule has 0 aliphatic carbocycles. The van der Waals surface area contributed by atoms with Gasteiger partial charge < -0.3 is 4.12 Å². The van der Waals surface area contributed by atoms with Crippen LogP contribution in [0.3, 0.4) is 0 Å². The summed E-state index contributed by atoms with van der Waals surface area (Å²) in [4.78, 5) is 0. The predicted octanol–water partition coefficient (Wildman–Crippen LogP) is 4.49. The molecule has 2 aromatic carbocycles. The Bertz CT molecular complexity index is 653. The Morgan fingerprint density at radius 2 is 0.917 bits per heavy atom. The monoisotopic (exact) mass is 355 g/mol. The van der Waals surface area contributed by atoms with Crippen LogP contribution in [0, 0.1) is 41.5 Å². The van der Waals surface area contributed by atoms with Crippen molar-refractivity contribution in [1.29, 1.82) is 0 Å². The van der Waals surface area contributed by atoms with Gasteiger partial charge in [-0.25, -0.2) is 0 Å². The van der Waals surface area contributed by atoms with Gasteiger partial charge in [0, 0.05) is 0 Å². The van der Waals surface area contributed by atoms with E-state index in [-0.39, 0.29) is 0 Å². The van der Waals surface area contributed by atoms with Crippen LogP contribution in [0.5, 0.6) is 0 Å². The van der Waals surface area contributed by atoms with Crippen LogP contribution in [0.25, 0.3) is 0 Å². The minimum absolute atomic E-state index is 1.25. The van der Waals surface area contributed by atoms with Crippen molar-refractivity contribution >= 4 is 27.7 Å². The summed E-state index contributed by atoms with van der Waals surface area (Å²) >= 11 is 0. The molecule has 0 fully saturated rings. The Hall–Kier alpha value is -1.17. The van der Waals surface area contributed by atoms with Gasteiger partial charge in [0.2, 0.25) is 0 Å². The first-order chi connectivity index (χ1) is 11.0. The molecule has 3 heteroatoms. The molecule has 0 amide bonds. The Balaban J connectivity index is 2.73. The molecular formula is C21H31OSi2-. The highest BCUT2D eigenvalue weighted by molar-refractivity contribution is 6.89. The molecule has 0 aliphatic heterocycles. The topological polar surface area (TPSA) is 9.23 Å². The van der Waals surface area contributed by atoms with Gasteiger partial charge in [-0.3, -0.25) is 0 Å². The first kappa shape index (κ1) is 19.2. The molecule has 0 atom stereocenters. The zero-order chi connectivity index (χ0) is 18.2. The lowest BCUT2D eigenvalue weighted by atomic mass is 10.1. The minimum atomic E-state index is -1.66. The molecule has 0 spiro atoms. The Morgan fingerprint density at radius 1 is 0.625 bits per heavy atom. The molecule has 0 radical (unpaired) electrons. The Morgan fingerprint density at radius 3 is 1.17 bits per heavy atom. The van der Waals surface area contributed by atoms with Crippen LogP contribution in [0.15, 0.2) is 24.3 Å². The van der Waals surface area contributed by atoms with Crippen molar-refractivity contribution in [3.63, 3.8) is 0 Å². The summed E-state index contributed by atoms with van der Waals surface area (Å²) in [5.74, 6) is 0. The van der Waals surface area contributed by atoms with E-state index in [1.807, 2.05) is 0 Å². The molecule has 1 nitrogen and oxygen atoms in total. The smallest absolute Gasteiger partial charge is 0.143 e. The lowest BCUT2D eigenvalue weighted by Gasteiger charge is -2.44. The van der Waals surface area contributed by atoms with Gasteiger partial charge in [0.05, 0.1) is 0 Å². The summed E-state index contributed by atoms with van der Waals surface area (Å²) in [7, 11) is -2.91. The molecule has 0 aromatic heterocycles. The van der Waals surface area contributed by atoms with Crippen molar-refractivity contribution in [2.75, 3.05) is 0 Å². The fraction of sp³-hybridized carbons (Fsp3) is 0.429. The van der Waals surface area contributed by atoms with Gasteiger partial charge >= 0.3 is 0 Å². The maximum atomic E-state index is 6.85. The van der Waals surface area contributed by atoms with Crippen LogP contribution < -0.4 is 10.4 Å². The minimum Gasteiger partial charge on any atom is -0.602 e. The zero-order valence-electron chi connectivity index (χ0n) is 16.7. The van der Waals surface area contributed by atoms with Crippen LogP contribution in [-0.4, -0.2) is 17.4 Å². The van der Waals surface area contributed by atoms with E-state index in [9.17, 15) is 0 Å². The highest BCUT2D eigenvalue weighted by Gasteiger charge is 2.18. The first-order valence-electron chi connectivity index (χ1n) is 8.72. The van der Waals surface area contributed by atoms with E-state index >= 15 is 0 Å². The molecule has 0 heterocycles. The number of rotatable bonds is 4. The van der Waals surface area contributed by atoms with Crippen molar-refractivity contribution in [2.45, 2.75) is 61.2 Å². The molecule has 130 valence electrons. The highest BCUT2D eigenvalue weighted by atomic mass is 28.4. The van der Waals surface area contributed by atoms with E-state index in [0.717, 1.165) is 0 Å². The molecule has 2 aromatic rings. The van der Waals surface area contributed by atoms with Crippen LogP contribution >= 0.6 is 0 Å². The molecular weight excluding hydrogens is 324 g/mol. The largest absolute Gasteiger partial charge is 0.602 e. The molecule has 24 heavy (non-hydrogen) atoms. The third-order valence-electron chi connectivity index (χ3n) is 4.22.